The number of hydrogen-bond donors (Lipinski definition) is 2. The van der Waals surface area contributed by atoms with Gasteiger partial charge >= 0.3 is 0 Å². The molecule has 0 aliphatic heterocycles. The minimum atomic E-state index is -0.224. The molecule has 156 valence electrons. The van der Waals surface area contributed by atoms with Crippen molar-refractivity contribution in [2.45, 2.75) is 107 Å². The van der Waals surface area contributed by atoms with Crippen LogP contribution in [-0.4, -0.2) is 35.7 Å². The molecule has 0 aliphatic rings. The molecule has 26 heavy (non-hydrogen) atoms. The van der Waals surface area contributed by atoms with Crippen molar-refractivity contribution in [3.63, 3.8) is 0 Å². The first kappa shape index (κ1) is 27.5. The summed E-state index contributed by atoms with van der Waals surface area (Å²) < 4.78 is 0. The summed E-state index contributed by atoms with van der Waals surface area (Å²) in [5, 5.41) is 6.56. The van der Waals surface area contributed by atoms with Gasteiger partial charge in [-0.25, -0.2) is 0 Å². The fourth-order valence-electron chi connectivity index (χ4n) is 1.70. The summed E-state index contributed by atoms with van der Waals surface area (Å²) >= 11 is 0. The first-order valence-electron chi connectivity index (χ1n) is 9.82. The third-order valence-electron chi connectivity index (χ3n) is 3.69. The Labute approximate surface area is 163 Å². The van der Waals surface area contributed by atoms with E-state index in [2.05, 4.69) is 52.2 Å². The zero-order chi connectivity index (χ0) is 21.4. The molecule has 0 fully saturated rings. The predicted octanol–water partition coefficient (Wildman–Crippen LogP) is 4.76. The third-order valence-corrected chi connectivity index (χ3v) is 3.69. The molecule has 0 amide bonds. The van der Waals surface area contributed by atoms with E-state index in [1.165, 1.54) is 0 Å². The lowest BCUT2D eigenvalue weighted by Gasteiger charge is -2.23. The number of rotatable bonds is 6. The lowest BCUT2D eigenvalue weighted by atomic mass is 9.88. The van der Waals surface area contributed by atoms with Gasteiger partial charge < -0.3 is 10.6 Å². The smallest absolute Gasteiger partial charge is 0.151 e. The highest BCUT2D eigenvalue weighted by Gasteiger charge is 2.22. The quantitative estimate of drug-likeness (QED) is 0.662. The van der Waals surface area contributed by atoms with E-state index in [1.807, 2.05) is 41.5 Å². The van der Waals surface area contributed by atoms with Crippen LogP contribution in [0.15, 0.2) is 0 Å². The number of Topliss-reactive ketones (excluding diaryl/α,β-unsaturated/α-hetero) is 2. The van der Waals surface area contributed by atoms with E-state index >= 15 is 0 Å². The van der Waals surface area contributed by atoms with Crippen LogP contribution in [0.5, 0.6) is 0 Å². The van der Waals surface area contributed by atoms with E-state index < -0.39 is 0 Å². The van der Waals surface area contributed by atoms with Gasteiger partial charge in [0.1, 0.15) is 5.78 Å². The maximum Gasteiger partial charge on any atom is 0.151 e. The van der Waals surface area contributed by atoms with Crippen LogP contribution in [0.4, 0.5) is 0 Å². The van der Waals surface area contributed by atoms with E-state index in [-0.39, 0.29) is 27.7 Å². The Morgan fingerprint density at radius 3 is 1.31 bits per heavy atom. The number of carbonyl (C=O) groups excluding carboxylic acids is 2. The Hall–Kier alpha value is -0.740. The van der Waals surface area contributed by atoms with Crippen molar-refractivity contribution in [2.75, 3.05) is 13.1 Å². The molecular weight excluding hydrogens is 324 g/mol. The Balaban J connectivity index is 0. The number of hydrogen-bond acceptors (Lipinski definition) is 4. The molecule has 0 rings (SSSR count). The molecule has 0 aliphatic carbocycles. The van der Waals surface area contributed by atoms with Crippen LogP contribution >= 0.6 is 0 Å². The molecule has 4 heteroatoms. The van der Waals surface area contributed by atoms with Gasteiger partial charge in [0.05, 0.1) is 6.54 Å². The Morgan fingerprint density at radius 1 is 0.615 bits per heavy atom. The maximum atomic E-state index is 11.6. The van der Waals surface area contributed by atoms with Gasteiger partial charge in [0, 0.05) is 28.3 Å². The summed E-state index contributed by atoms with van der Waals surface area (Å²) in [4.78, 5) is 23.0. The maximum absolute atomic E-state index is 11.6. The first-order valence-corrected chi connectivity index (χ1v) is 9.82. The Kier molecular flexibility index (Phi) is 11.2. The Morgan fingerprint density at radius 2 is 1.00 bits per heavy atom. The molecule has 0 radical (unpaired) electrons. The van der Waals surface area contributed by atoms with Gasteiger partial charge in [0.25, 0.3) is 0 Å². The molecule has 0 unspecified atom stereocenters. The molecule has 0 atom stereocenters. The van der Waals surface area contributed by atoms with Gasteiger partial charge in [-0.2, -0.15) is 0 Å². The van der Waals surface area contributed by atoms with Crippen LogP contribution in [0.2, 0.25) is 0 Å². The fourth-order valence-corrected chi connectivity index (χ4v) is 1.70. The second kappa shape index (κ2) is 10.6. The van der Waals surface area contributed by atoms with Crippen LogP contribution < -0.4 is 10.6 Å². The van der Waals surface area contributed by atoms with Gasteiger partial charge in [0.15, 0.2) is 5.78 Å². The minimum Gasteiger partial charge on any atom is -0.312 e. The summed E-state index contributed by atoms with van der Waals surface area (Å²) in [6.45, 7) is 25.7. The minimum absolute atomic E-state index is 0.0287. The lowest BCUT2D eigenvalue weighted by molar-refractivity contribution is -0.126. The second-order valence-corrected chi connectivity index (χ2v) is 11.2. The molecule has 0 bridgehead atoms. The SMILES string of the molecule is CC(C)(C)NCC(=O)C(C)(C)C.CC(C)(C)NCCCC(=O)C(C)(C)C. The van der Waals surface area contributed by atoms with E-state index in [0.29, 0.717) is 18.7 Å². The van der Waals surface area contributed by atoms with E-state index in [4.69, 9.17) is 0 Å². The average molecular weight is 371 g/mol. The van der Waals surface area contributed by atoms with Crippen LogP contribution in [0.1, 0.15) is 95.9 Å². The van der Waals surface area contributed by atoms with Crippen LogP contribution in [-0.2, 0) is 9.59 Å². The summed E-state index contributed by atoms with van der Waals surface area (Å²) in [5.41, 5.74) is -0.217. The molecule has 4 nitrogen and oxygen atoms in total. The van der Waals surface area contributed by atoms with Gasteiger partial charge in [-0.05, 0) is 54.5 Å². The van der Waals surface area contributed by atoms with Crippen molar-refractivity contribution in [2.24, 2.45) is 10.8 Å². The van der Waals surface area contributed by atoms with Crippen LogP contribution in [0.25, 0.3) is 0 Å². The topological polar surface area (TPSA) is 58.2 Å². The van der Waals surface area contributed by atoms with Crippen molar-refractivity contribution in [3.8, 4) is 0 Å². The number of ketones is 2. The van der Waals surface area contributed by atoms with E-state index in [9.17, 15) is 9.59 Å². The summed E-state index contributed by atoms with van der Waals surface area (Å²) in [6.07, 6.45) is 1.62. The Bertz CT molecular complexity index is 427. The molecule has 0 aromatic rings. The molecule has 0 heterocycles. The molecule has 2 N–H and O–H groups in total. The van der Waals surface area contributed by atoms with Crippen molar-refractivity contribution in [1.29, 1.82) is 0 Å². The van der Waals surface area contributed by atoms with Gasteiger partial charge in [0.2, 0.25) is 0 Å². The van der Waals surface area contributed by atoms with Crippen molar-refractivity contribution in [3.05, 3.63) is 0 Å². The van der Waals surface area contributed by atoms with Crippen molar-refractivity contribution in [1.82, 2.24) is 10.6 Å². The lowest BCUT2D eigenvalue weighted by Crippen LogP contribution is -2.42. The second-order valence-electron chi connectivity index (χ2n) is 11.2. The van der Waals surface area contributed by atoms with Crippen molar-refractivity contribution < 1.29 is 9.59 Å². The molecule has 0 aromatic heterocycles. The molecular formula is C22H46N2O2. The summed E-state index contributed by atoms with van der Waals surface area (Å²) in [6, 6.07) is 0. The van der Waals surface area contributed by atoms with Gasteiger partial charge in [-0.1, -0.05) is 41.5 Å². The number of nitrogens with one attached hydrogen (secondary N) is 2. The number of carbonyl (C=O) groups is 2. The van der Waals surface area contributed by atoms with Crippen LogP contribution in [0, 0.1) is 10.8 Å². The average Bonchev–Trinajstić information content (AvgIpc) is 2.37. The third kappa shape index (κ3) is 18.1. The van der Waals surface area contributed by atoms with E-state index in [0.717, 1.165) is 13.0 Å². The zero-order valence-corrected chi connectivity index (χ0v) is 19.6. The molecule has 0 saturated heterocycles. The molecule has 0 spiro atoms. The van der Waals surface area contributed by atoms with Crippen LogP contribution in [0.3, 0.4) is 0 Å². The summed E-state index contributed by atoms with van der Waals surface area (Å²) in [5.74, 6) is 0.616. The highest BCUT2D eigenvalue weighted by Crippen LogP contribution is 2.17. The highest BCUT2D eigenvalue weighted by molar-refractivity contribution is 5.85. The monoisotopic (exact) mass is 370 g/mol. The highest BCUT2D eigenvalue weighted by atomic mass is 16.1. The molecule has 0 saturated carbocycles. The molecule has 0 aromatic carbocycles. The fraction of sp³-hybridized carbons (Fsp3) is 0.909. The van der Waals surface area contributed by atoms with E-state index in [1.54, 1.807) is 0 Å². The standard InChI is InChI=1S/C12H25NO.C10H21NO/c1-11(2,3)10(14)8-7-9-13-12(4,5)6;1-9(2,3)8(12)7-11-10(4,5)6/h13H,7-9H2,1-6H3;11H,7H2,1-6H3. The normalized spacial score (nSPS) is 13.1. The zero-order valence-electron chi connectivity index (χ0n) is 19.6. The largest absolute Gasteiger partial charge is 0.312 e. The first-order chi connectivity index (χ1) is 11.3. The van der Waals surface area contributed by atoms with Crippen molar-refractivity contribution >= 4 is 11.6 Å². The van der Waals surface area contributed by atoms with Gasteiger partial charge in [-0.15, -0.1) is 0 Å². The van der Waals surface area contributed by atoms with Gasteiger partial charge in [-0.3, -0.25) is 9.59 Å². The summed E-state index contributed by atoms with van der Waals surface area (Å²) in [7, 11) is 0. The predicted molar refractivity (Wildman–Crippen MR) is 114 cm³/mol.